The van der Waals surface area contributed by atoms with Crippen molar-refractivity contribution >= 4 is 22.6 Å². The molecule has 1 aliphatic carbocycles. The number of hydrogen-bond acceptors (Lipinski definition) is 3. The van der Waals surface area contributed by atoms with Crippen LogP contribution in [0.5, 0.6) is 5.75 Å². The van der Waals surface area contributed by atoms with Gasteiger partial charge < -0.3 is 14.6 Å². The number of fused-ring (bicyclic) bond motifs is 3. The number of Topliss-reactive ketones (excluding diaryl/α,β-unsaturated/α-hetero) is 1. The predicted molar refractivity (Wildman–Crippen MR) is 108 cm³/mol. The molecule has 0 fully saturated rings. The lowest BCUT2D eigenvalue weighted by Crippen LogP contribution is -2.34. The minimum atomic E-state index is -0.318. The molecule has 0 spiro atoms. The quantitative estimate of drug-likeness (QED) is 0.791. The average Bonchev–Trinajstić information content (AvgIpc) is 2.97. The number of aromatic nitrogens is 1. The van der Waals surface area contributed by atoms with Gasteiger partial charge in [-0.2, -0.15) is 0 Å². The molecule has 1 aromatic heterocycles. The summed E-state index contributed by atoms with van der Waals surface area (Å²) in [5.41, 5.74) is 2.72. The molecule has 1 atom stereocenters. The Morgan fingerprint density at radius 1 is 1.30 bits per heavy atom. The summed E-state index contributed by atoms with van der Waals surface area (Å²) in [6, 6.07) is 5.47. The second-order valence-corrected chi connectivity index (χ2v) is 7.75. The van der Waals surface area contributed by atoms with E-state index in [2.05, 4.69) is 23.7 Å². The Hall–Kier alpha value is -2.30. The summed E-state index contributed by atoms with van der Waals surface area (Å²) in [4.78, 5) is 25.6. The number of carbonyl (C=O) groups excluding carboxylic acids is 2. The SMILES string of the molecule is CCC(C(=O)NCCC(C)C)n1c2c(c3ccc(OC)cc31)C(=O)CCC2. The summed E-state index contributed by atoms with van der Waals surface area (Å²) in [5.74, 6) is 1.49. The molecule has 0 saturated heterocycles. The molecule has 3 rings (SSSR count). The molecule has 5 heteroatoms. The second-order valence-electron chi connectivity index (χ2n) is 7.75. The van der Waals surface area contributed by atoms with Crippen molar-refractivity contribution in [2.75, 3.05) is 13.7 Å². The first-order valence-corrected chi connectivity index (χ1v) is 9.99. The monoisotopic (exact) mass is 370 g/mol. The van der Waals surface area contributed by atoms with Gasteiger partial charge in [0.25, 0.3) is 0 Å². The highest BCUT2D eigenvalue weighted by Crippen LogP contribution is 2.37. The summed E-state index contributed by atoms with van der Waals surface area (Å²) in [6.45, 7) is 7.00. The Bertz CT molecular complexity index is 851. The van der Waals surface area contributed by atoms with Crippen LogP contribution in [0.4, 0.5) is 0 Å². The Balaban J connectivity index is 2.08. The lowest BCUT2D eigenvalue weighted by molar-refractivity contribution is -0.124. The lowest BCUT2D eigenvalue weighted by atomic mass is 9.94. The van der Waals surface area contributed by atoms with Crippen molar-refractivity contribution in [3.63, 3.8) is 0 Å². The zero-order valence-corrected chi connectivity index (χ0v) is 16.8. The number of hydrogen-bond donors (Lipinski definition) is 1. The molecule has 1 aromatic carbocycles. The third-order valence-electron chi connectivity index (χ3n) is 5.43. The van der Waals surface area contributed by atoms with Gasteiger partial charge in [0.2, 0.25) is 5.91 Å². The van der Waals surface area contributed by atoms with Gasteiger partial charge in [0.15, 0.2) is 5.78 Å². The zero-order valence-electron chi connectivity index (χ0n) is 16.8. The molecule has 1 unspecified atom stereocenters. The molecule has 5 nitrogen and oxygen atoms in total. The van der Waals surface area contributed by atoms with Gasteiger partial charge in [0.1, 0.15) is 11.8 Å². The number of benzene rings is 1. The van der Waals surface area contributed by atoms with Crippen LogP contribution in [0.3, 0.4) is 0 Å². The van der Waals surface area contributed by atoms with Crippen LogP contribution < -0.4 is 10.1 Å². The molecule has 27 heavy (non-hydrogen) atoms. The van der Waals surface area contributed by atoms with Crippen molar-refractivity contribution in [1.29, 1.82) is 0 Å². The van der Waals surface area contributed by atoms with Crippen LogP contribution in [0.2, 0.25) is 0 Å². The first-order valence-electron chi connectivity index (χ1n) is 9.99. The van der Waals surface area contributed by atoms with E-state index >= 15 is 0 Å². The number of methoxy groups -OCH3 is 1. The molecule has 0 bridgehead atoms. The summed E-state index contributed by atoms with van der Waals surface area (Å²) < 4.78 is 7.49. The van der Waals surface area contributed by atoms with Crippen LogP contribution >= 0.6 is 0 Å². The zero-order chi connectivity index (χ0) is 19.6. The highest BCUT2D eigenvalue weighted by molar-refractivity contribution is 6.10. The van der Waals surface area contributed by atoms with Gasteiger partial charge in [0, 0.05) is 35.7 Å². The van der Waals surface area contributed by atoms with Crippen molar-refractivity contribution in [2.45, 2.75) is 58.9 Å². The van der Waals surface area contributed by atoms with Crippen molar-refractivity contribution in [1.82, 2.24) is 9.88 Å². The number of ketones is 1. The molecule has 0 saturated carbocycles. The third-order valence-corrected chi connectivity index (χ3v) is 5.43. The second kappa shape index (κ2) is 8.15. The molecular weight excluding hydrogens is 340 g/mol. The van der Waals surface area contributed by atoms with Crippen LogP contribution in [0.15, 0.2) is 18.2 Å². The first kappa shape index (κ1) is 19.5. The fourth-order valence-corrected chi connectivity index (χ4v) is 4.01. The van der Waals surface area contributed by atoms with Gasteiger partial charge in [-0.3, -0.25) is 9.59 Å². The number of carbonyl (C=O) groups is 2. The van der Waals surface area contributed by atoms with E-state index in [0.717, 1.165) is 47.2 Å². The number of nitrogens with zero attached hydrogens (tertiary/aromatic N) is 1. The average molecular weight is 370 g/mol. The van der Waals surface area contributed by atoms with Gasteiger partial charge >= 0.3 is 0 Å². The van der Waals surface area contributed by atoms with E-state index in [9.17, 15) is 9.59 Å². The highest BCUT2D eigenvalue weighted by Gasteiger charge is 2.30. The predicted octanol–water partition coefficient (Wildman–Crippen LogP) is 4.28. The van der Waals surface area contributed by atoms with Gasteiger partial charge in [-0.15, -0.1) is 0 Å². The molecular formula is C22H30N2O3. The van der Waals surface area contributed by atoms with Gasteiger partial charge in [0.05, 0.1) is 12.6 Å². The summed E-state index contributed by atoms with van der Waals surface area (Å²) in [7, 11) is 1.63. The fourth-order valence-electron chi connectivity index (χ4n) is 4.01. The fraction of sp³-hybridized carbons (Fsp3) is 0.545. The minimum Gasteiger partial charge on any atom is -0.497 e. The van der Waals surface area contributed by atoms with Crippen molar-refractivity contribution in [3.8, 4) is 5.75 Å². The van der Waals surface area contributed by atoms with Crippen molar-refractivity contribution in [3.05, 3.63) is 29.5 Å². The number of nitrogens with one attached hydrogen (secondary N) is 1. The van der Waals surface area contributed by atoms with E-state index in [1.54, 1.807) is 7.11 Å². The molecule has 2 aromatic rings. The van der Waals surface area contributed by atoms with Crippen LogP contribution in [-0.4, -0.2) is 29.9 Å². The smallest absolute Gasteiger partial charge is 0.243 e. The summed E-state index contributed by atoms with van der Waals surface area (Å²) in [6.07, 6.45) is 3.88. The van der Waals surface area contributed by atoms with Gasteiger partial charge in [-0.1, -0.05) is 20.8 Å². The number of amides is 1. The van der Waals surface area contributed by atoms with E-state index in [1.807, 2.05) is 25.1 Å². The Morgan fingerprint density at radius 2 is 2.07 bits per heavy atom. The number of ether oxygens (including phenoxy) is 1. The molecule has 1 amide bonds. The summed E-state index contributed by atoms with van der Waals surface area (Å²) in [5, 5.41) is 4.02. The van der Waals surface area contributed by atoms with Gasteiger partial charge in [-0.25, -0.2) is 0 Å². The van der Waals surface area contributed by atoms with E-state index in [0.29, 0.717) is 25.3 Å². The normalized spacial score (nSPS) is 15.1. The molecule has 1 aliphatic rings. The largest absolute Gasteiger partial charge is 0.497 e. The maximum atomic E-state index is 13.0. The number of rotatable bonds is 7. The Kier molecular flexibility index (Phi) is 5.88. The molecule has 146 valence electrons. The molecule has 0 radical (unpaired) electrons. The molecule has 1 N–H and O–H groups in total. The van der Waals surface area contributed by atoms with Gasteiger partial charge in [-0.05, 0) is 43.7 Å². The Morgan fingerprint density at radius 3 is 2.74 bits per heavy atom. The minimum absolute atomic E-state index is 0.0266. The van der Waals surface area contributed by atoms with Crippen LogP contribution in [-0.2, 0) is 11.2 Å². The molecule has 0 aliphatic heterocycles. The topological polar surface area (TPSA) is 60.3 Å². The maximum absolute atomic E-state index is 13.0. The van der Waals surface area contributed by atoms with E-state index < -0.39 is 0 Å². The standard InChI is InChI=1S/C22H30N2O3/c1-5-17(22(26)23-12-11-14(2)3)24-18-7-6-8-20(25)21(18)16-10-9-15(27-4)13-19(16)24/h9-10,13-14,17H,5-8,11-12H2,1-4H3,(H,23,26). The highest BCUT2D eigenvalue weighted by atomic mass is 16.5. The van der Waals surface area contributed by atoms with Crippen LogP contribution in [0, 0.1) is 5.92 Å². The van der Waals surface area contributed by atoms with Crippen LogP contribution in [0.25, 0.3) is 10.9 Å². The van der Waals surface area contributed by atoms with E-state index in [4.69, 9.17) is 4.74 Å². The van der Waals surface area contributed by atoms with E-state index in [-0.39, 0.29) is 17.7 Å². The first-order chi connectivity index (χ1) is 13.0. The Labute approximate surface area is 161 Å². The lowest BCUT2D eigenvalue weighted by Gasteiger charge is -2.23. The van der Waals surface area contributed by atoms with Crippen LogP contribution in [0.1, 0.15) is 68.5 Å². The maximum Gasteiger partial charge on any atom is 0.243 e. The van der Waals surface area contributed by atoms with E-state index in [1.165, 1.54) is 0 Å². The third kappa shape index (κ3) is 3.73. The molecule has 1 heterocycles. The summed E-state index contributed by atoms with van der Waals surface area (Å²) >= 11 is 0. The van der Waals surface area contributed by atoms with Crippen molar-refractivity contribution < 1.29 is 14.3 Å². The van der Waals surface area contributed by atoms with Crippen molar-refractivity contribution in [2.24, 2.45) is 5.92 Å².